The Hall–Kier alpha value is -5.66. The molecule has 7 nitrogen and oxygen atoms in total. The molecule has 178 valence electrons. The molecule has 0 spiro atoms. The Kier molecular flexibility index (Phi) is 7.09. The van der Waals surface area contributed by atoms with Crippen LogP contribution >= 0.6 is 0 Å². The number of benzene rings is 4. The maximum Gasteiger partial charge on any atom is 0.333 e. The fourth-order valence-corrected chi connectivity index (χ4v) is 3.80. The Bertz CT molecular complexity index is 1550. The number of carboxylic acids is 2. The van der Waals surface area contributed by atoms with Crippen LogP contribution in [0.1, 0.15) is 11.1 Å². The van der Waals surface area contributed by atoms with Crippen LogP contribution in [0, 0.1) is 13.1 Å². The average Bonchev–Trinajstić information content (AvgIpc) is 2.91. The average molecular weight is 485 g/mol. The van der Waals surface area contributed by atoms with Crippen LogP contribution in [0.5, 0.6) is 0 Å². The molecule has 2 N–H and O–H groups in total. The lowest BCUT2D eigenvalue weighted by Gasteiger charge is -2.26. The van der Waals surface area contributed by atoms with E-state index >= 15 is 0 Å². The summed E-state index contributed by atoms with van der Waals surface area (Å²) in [6.07, 6.45) is 2.63. The number of anilines is 3. The minimum atomic E-state index is -1.28. The molecule has 0 aliphatic carbocycles. The normalized spacial score (nSPS) is 11.4. The molecule has 0 fully saturated rings. The van der Waals surface area contributed by atoms with Gasteiger partial charge in [0.2, 0.25) is 0 Å². The molecular weight excluding hydrogens is 466 g/mol. The van der Waals surface area contributed by atoms with Crippen molar-refractivity contribution >= 4 is 51.9 Å². The van der Waals surface area contributed by atoms with Crippen LogP contribution in [0.4, 0.5) is 17.1 Å². The molecule has 7 heteroatoms. The van der Waals surface area contributed by atoms with E-state index < -0.39 is 11.9 Å². The van der Waals surface area contributed by atoms with Gasteiger partial charge in [-0.2, -0.15) is 0 Å². The maximum absolute atomic E-state index is 11.2. The van der Waals surface area contributed by atoms with Gasteiger partial charge in [0.15, 0.2) is 0 Å². The van der Waals surface area contributed by atoms with Crippen LogP contribution < -0.4 is 4.90 Å². The van der Waals surface area contributed by atoms with Crippen molar-refractivity contribution in [3.8, 4) is 0 Å². The number of nitrogens with zero attached hydrogens (tertiary/aromatic N) is 3. The molecule has 0 aliphatic rings. The van der Waals surface area contributed by atoms with Gasteiger partial charge in [-0.1, -0.05) is 54.6 Å². The van der Waals surface area contributed by atoms with Crippen LogP contribution in [0.3, 0.4) is 0 Å². The second-order valence-electron chi connectivity index (χ2n) is 7.94. The summed E-state index contributed by atoms with van der Waals surface area (Å²) >= 11 is 0. The molecule has 4 rings (SSSR count). The summed E-state index contributed by atoms with van der Waals surface area (Å²) in [5.41, 5.74) is 2.88. The molecular formula is C30H19N3O4. The summed E-state index contributed by atoms with van der Waals surface area (Å²) in [6, 6.07) is 28.4. The van der Waals surface area contributed by atoms with Gasteiger partial charge in [0.1, 0.15) is 0 Å². The Morgan fingerprint density at radius 3 is 1.49 bits per heavy atom. The molecule has 0 amide bonds. The third kappa shape index (κ3) is 5.54. The summed E-state index contributed by atoms with van der Waals surface area (Å²) in [7, 11) is 0. The van der Waals surface area contributed by atoms with Gasteiger partial charge in [0.05, 0.1) is 13.1 Å². The Labute approximate surface area is 213 Å². The van der Waals surface area contributed by atoms with Gasteiger partial charge >= 0.3 is 11.9 Å². The van der Waals surface area contributed by atoms with Crippen molar-refractivity contribution in [1.82, 2.24) is 0 Å². The van der Waals surface area contributed by atoms with Crippen LogP contribution in [-0.4, -0.2) is 22.2 Å². The van der Waals surface area contributed by atoms with Gasteiger partial charge in [-0.25, -0.2) is 9.69 Å². The number of aliphatic carboxylic acids is 2. The van der Waals surface area contributed by atoms with Crippen molar-refractivity contribution in [2.24, 2.45) is 0 Å². The summed E-state index contributed by atoms with van der Waals surface area (Å²) in [5.74, 6) is -2.56. The predicted octanol–water partition coefficient (Wildman–Crippen LogP) is 7.00. The monoisotopic (exact) mass is 485 g/mol. The topological polar surface area (TPSA) is 86.6 Å². The molecule has 0 unspecified atom stereocenters. The van der Waals surface area contributed by atoms with Gasteiger partial charge in [0, 0.05) is 17.1 Å². The number of hydrogen-bond acceptors (Lipinski definition) is 3. The molecule has 0 heterocycles. The zero-order valence-electron chi connectivity index (χ0n) is 19.4. The van der Waals surface area contributed by atoms with Crippen LogP contribution in [0.15, 0.2) is 102 Å². The number of carbonyl (C=O) groups is 2. The first-order valence-corrected chi connectivity index (χ1v) is 11.0. The highest BCUT2D eigenvalue weighted by Crippen LogP contribution is 2.36. The van der Waals surface area contributed by atoms with E-state index in [0.717, 1.165) is 27.8 Å². The molecule has 0 saturated carbocycles. The van der Waals surface area contributed by atoms with E-state index in [9.17, 15) is 9.59 Å². The first-order chi connectivity index (χ1) is 17.9. The molecule has 0 aromatic heterocycles. The number of hydrogen-bond donors (Lipinski definition) is 2. The third-order valence-corrected chi connectivity index (χ3v) is 5.58. The maximum atomic E-state index is 11.2. The molecule has 0 aliphatic heterocycles. The summed E-state index contributed by atoms with van der Waals surface area (Å²) < 4.78 is 0. The van der Waals surface area contributed by atoms with E-state index in [-0.39, 0.29) is 11.4 Å². The number of fused-ring (bicyclic) bond motifs is 1. The highest BCUT2D eigenvalue weighted by atomic mass is 16.4. The lowest BCUT2D eigenvalue weighted by molar-refractivity contribution is -0.133. The largest absolute Gasteiger partial charge is 0.486 e. The number of rotatable bonds is 7. The second-order valence-corrected chi connectivity index (χ2v) is 7.94. The Morgan fingerprint density at radius 2 is 1.05 bits per heavy atom. The van der Waals surface area contributed by atoms with Gasteiger partial charge in [-0.3, -0.25) is 9.59 Å². The van der Waals surface area contributed by atoms with E-state index in [1.165, 1.54) is 12.2 Å². The van der Waals surface area contributed by atoms with Crippen molar-refractivity contribution in [2.45, 2.75) is 0 Å². The molecule has 0 saturated heterocycles. The standard InChI is InChI=1S/C30H19N3O4/c1-31-27(29(34)35)17-20-7-12-24(13-8-20)33(26-16-11-22-5-3-4-6-23(22)19-26)25-14-9-21(10-15-25)18-28(32-2)30(36)37/h3-19H,(H,34,35)(H,36,37). The zero-order chi connectivity index (χ0) is 26.4. The predicted molar refractivity (Wildman–Crippen MR) is 143 cm³/mol. The van der Waals surface area contributed by atoms with E-state index in [0.29, 0.717) is 11.1 Å². The van der Waals surface area contributed by atoms with Crippen LogP contribution in [-0.2, 0) is 9.59 Å². The molecule has 37 heavy (non-hydrogen) atoms. The lowest BCUT2D eigenvalue weighted by Crippen LogP contribution is -2.10. The van der Waals surface area contributed by atoms with E-state index in [4.69, 9.17) is 23.4 Å². The van der Waals surface area contributed by atoms with Crippen molar-refractivity contribution in [1.29, 1.82) is 0 Å². The van der Waals surface area contributed by atoms with Crippen molar-refractivity contribution in [3.05, 3.63) is 136 Å². The molecule has 4 aromatic carbocycles. The first kappa shape index (κ1) is 24.5. The van der Waals surface area contributed by atoms with Gasteiger partial charge in [-0.15, -0.1) is 0 Å². The Morgan fingerprint density at radius 1 is 0.622 bits per heavy atom. The van der Waals surface area contributed by atoms with Crippen molar-refractivity contribution in [3.63, 3.8) is 0 Å². The fraction of sp³-hybridized carbons (Fsp3) is 0. The van der Waals surface area contributed by atoms with E-state index in [2.05, 4.69) is 15.8 Å². The van der Waals surface area contributed by atoms with Crippen molar-refractivity contribution < 1.29 is 19.8 Å². The smallest absolute Gasteiger partial charge is 0.333 e. The molecule has 0 bridgehead atoms. The Balaban J connectivity index is 1.79. The molecule has 0 atom stereocenters. The van der Waals surface area contributed by atoms with E-state index in [1.807, 2.05) is 65.6 Å². The summed E-state index contributed by atoms with van der Waals surface area (Å²) in [4.78, 5) is 30.5. The second kappa shape index (κ2) is 10.7. The van der Waals surface area contributed by atoms with Gasteiger partial charge < -0.3 is 15.1 Å². The van der Waals surface area contributed by atoms with E-state index in [1.54, 1.807) is 24.3 Å². The third-order valence-electron chi connectivity index (χ3n) is 5.58. The summed E-state index contributed by atoms with van der Waals surface area (Å²) in [6.45, 7) is 14.1. The summed E-state index contributed by atoms with van der Waals surface area (Å²) in [5, 5.41) is 20.4. The SMILES string of the molecule is [C-]#[N+]C(=Cc1ccc(N(c2ccc(C=C([N+]#[C-])C(=O)O)cc2)c2ccc3ccccc3c2)cc1)C(=O)O. The van der Waals surface area contributed by atoms with Crippen LogP contribution in [0.2, 0.25) is 0 Å². The minimum absolute atomic E-state index is 0.372. The lowest BCUT2D eigenvalue weighted by atomic mass is 10.1. The zero-order valence-corrected chi connectivity index (χ0v) is 19.4. The highest BCUT2D eigenvalue weighted by molar-refractivity contribution is 5.95. The first-order valence-electron chi connectivity index (χ1n) is 11.0. The number of carboxylic acid groups (broad SMARTS) is 2. The highest BCUT2D eigenvalue weighted by Gasteiger charge is 2.14. The van der Waals surface area contributed by atoms with Gasteiger partial charge in [0.25, 0.3) is 11.4 Å². The van der Waals surface area contributed by atoms with Gasteiger partial charge in [-0.05, 0) is 70.4 Å². The minimum Gasteiger partial charge on any atom is -0.486 e. The van der Waals surface area contributed by atoms with Crippen LogP contribution in [0.25, 0.3) is 32.6 Å². The fourth-order valence-electron chi connectivity index (χ4n) is 3.80. The molecule has 4 aromatic rings. The quantitative estimate of drug-likeness (QED) is 0.217. The molecule has 0 radical (unpaired) electrons. The van der Waals surface area contributed by atoms with Crippen molar-refractivity contribution in [2.75, 3.05) is 4.90 Å².